The van der Waals surface area contributed by atoms with E-state index in [4.69, 9.17) is 0 Å². The minimum Gasteiger partial charge on any atom is -0.390 e. The van der Waals surface area contributed by atoms with Gasteiger partial charge in [-0.3, -0.25) is 9.58 Å². The Kier molecular flexibility index (Phi) is 3.18. The molecule has 1 saturated carbocycles. The maximum absolute atomic E-state index is 10.2. The van der Waals surface area contributed by atoms with Crippen LogP contribution < -0.4 is 0 Å². The summed E-state index contributed by atoms with van der Waals surface area (Å²) in [6.45, 7) is 7.06. The lowest BCUT2D eigenvalue weighted by molar-refractivity contribution is -0.0524. The van der Waals surface area contributed by atoms with Gasteiger partial charge in [-0.25, -0.2) is 0 Å². The van der Waals surface area contributed by atoms with Crippen molar-refractivity contribution in [1.82, 2.24) is 14.7 Å². The van der Waals surface area contributed by atoms with Gasteiger partial charge in [0.1, 0.15) is 0 Å². The molecule has 1 aromatic rings. The molecule has 0 bridgehead atoms. The predicted molar refractivity (Wildman–Crippen MR) is 74.9 cm³/mol. The molecule has 0 amide bonds. The van der Waals surface area contributed by atoms with Gasteiger partial charge in [0.25, 0.3) is 0 Å². The number of likely N-dealkylation sites (tertiary alicyclic amines) is 1. The van der Waals surface area contributed by atoms with Gasteiger partial charge in [0.05, 0.1) is 11.8 Å². The van der Waals surface area contributed by atoms with Gasteiger partial charge in [0.15, 0.2) is 0 Å². The second kappa shape index (κ2) is 4.60. The van der Waals surface area contributed by atoms with Crippen LogP contribution in [0.15, 0.2) is 6.20 Å². The summed E-state index contributed by atoms with van der Waals surface area (Å²) >= 11 is 0. The molecule has 2 unspecified atom stereocenters. The predicted octanol–water partition coefficient (Wildman–Crippen LogP) is 1.89. The highest BCUT2D eigenvalue weighted by Crippen LogP contribution is 2.41. The molecule has 1 N–H and O–H groups in total. The molecule has 0 spiro atoms. The second-order valence-electron chi connectivity index (χ2n) is 6.70. The number of piperidine rings is 1. The van der Waals surface area contributed by atoms with E-state index in [-0.39, 0.29) is 0 Å². The summed E-state index contributed by atoms with van der Waals surface area (Å²) in [6.07, 6.45) is 5.54. The molecule has 3 rings (SSSR count). The van der Waals surface area contributed by atoms with E-state index in [1.54, 1.807) is 0 Å². The lowest BCUT2D eigenvalue weighted by atomic mass is 9.84. The summed E-state index contributed by atoms with van der Waals surface area (Å²) in [5, 5.41) is 14.7. The lowest BCUT2D eigenvalue weighted by Crippen LogP contribution is -2.48. The van der Waals surface area contributed by atoms with Crippen LogP contribution in [0, 0.1) is 5.92 Å². The van der Waals surface area contributed by atoms with Gasteiger partial charge < -0.3 is 5.11 Å². The van der Waals surface area contributed by atoms with Gasteiger partial charge >= 0.3 is 0 Å². The highest BCUT2D eigenvalue weighted by Gasteiger charge is 2.35. The van der Waals surface area contributed by atoms with Crippen molar-refractivity contribution in [2.75, 3.05) is 13.1 Å². The third-order valence-electron chi connectivity index (χ3n) is 4.95. The van der Waals surface area contributed by atoms with Crippen molar-refractivity contribution < 1.29 is 5.11 Å². The third-order valence-corrected chi connectivity index (χ3v) is 4.95. The van der Waals surface area contributed by atoms with E-state index >= 15 is 0 Å². The Bertz CT molecular complexity index is 462. The molecule has 0 aromatic carbocycles. The maximum Gasteiger partial charge on any atom is 0.0669 e. The monoisotopic (exact) mass is 263 g/mol. The largest absolute Gasteiger partial charge is 0.390 e. The van der Waals surface area contributed by atoms with Gasteiger partial charge in [0, 0.05) is 43.9 Å². The molecule has 2 atom stereocenters. The molecule has 4 nitrogen and oxygen atoms in total. The van der Waals surface area contributed by atoms with Gasteiger partial charge in [0.2, 0.25) is 0 Å². The minimum absolute atomic E-state index is 0.335. The molecule has 1 aromatic heterocycles. The summed E-state index contributed by atoms with van der Waals surface area (Å²) in [6, 6.07) is 0. The van der Waals surface area contributed by atoms with Gasteiger partial charge in [-0.15, -0.1) is 0 Å². The van der Waals surface area contributed by atoms with E-state index in [9.17, 15) is 5.11 Å². The third kappa shape index (κ3) is 2.56. The first-order valence-electron chi connectivity index (χ1n) is 7.43. The topological polar surface area (TPSA) is 41.3 Å². The first-order valence-corrected chi connectivity index (χ1v) is 7.43. The Morgan fingerprint density at radius 3 is 2.84 bits per heavy atom. The minimum atomic E-state index is -0.495. The molecule has 1 aliphatic carbocycles. The summed E-state index contributed by atoms with van der Waals surface area (Å²) in [4.78, 5) is 2.46. The van der Waals surface area contributed by atoms with Crippen molar-refractivity contribution in [2.24, 2.45) is 13.0 Å². The van der Waals surface area contributed by atoms with Crippen LogP contribution in [0.4, 0.5) is 0 Å². The molecule has 19 heavy (non-hydrogen) atoms. The fourth-order valence-electron chi connectivity index (χ4n) is 3.19. The van der Waals surface area contributed by atoms with Crippen LogP contribution in [0.25, 0.3) is 0 Å². The Morgan fingerprint density at radius 2 is 2.21 bits per heavy atom. The summed E-state index contributed by atoms with van der Waals surface area (Å²) in [5.74, 6) is 1.08. The molecule has 4 heteroatoms. The molecule has 1 aliphatic heterocycles. The number of hydrogen-bond acceptors (Lipinski definition) is 3. The van der Waals surface area contributed by atoms with E-state index in [0.717, 1.165) is 32.0 Å². The van der Waals surface area contributed by atoms with Crippen LogP contribution in [-0.2, 0) is 13.6 Å². The number of rotatable bonds is 3. The van der Waals surface area contributed by atoms with Gasteiger partial charge in [-0.05, 0) is 32.1 Å². The Labute approximate surface area is 115 Å². The summed E-state index contributed by atoms with van der Waals surface area (Å²) in [7, 11) is 2.06. The van der Waals surface area contributed by atoms with Crippen molar-refractivity contribution in [1.29, 1.82) is 0 Å². The first-order chi connectivity index (χ1) is 8.97. The molecule has 1 saturated heterocycles. The average molecular weight is 263 g/mol. The van der Waals surface area contributed by atoms with E-state index in [2.05, 4.69) is 28.7 Å². The van der Waals surface area contributed by atoms with Crippen LogP contribution in [0.1, 0.15) is 50.3 Å². The number of aryl methyl sites for hydroxylation is 1. The van der Waals surface area contributed by atoms with Gasteiger partial charge in [-0.2, -0.15) is 5.10 Å². The summed E-state index contributed by atoms with van der Waals surface area (Å²) in [5.41, 5.74) is 2.33. The van der Waals surface area contributed by atoms with Crippen molar-refractivity contribution in [3.63, 3.8) is 0 Å². The summed E-state index contributed by atoms with van der Waals surface area (Å²) < 4.78 is 2.05. The number of aliphatic hydroxyl groups is 1. The molecular weight excluding hydrogens is 238 g/mol. The van der Waals surface area contributed by atoms with E-state index in [1.165, 1.54) is 24.1 Å². The number of hydrogen-bond donors (Lipinski definition) is 1. The number of aromatic nitrogens is 2. The van der Waals surface area contributed by atoms with Crippen molar-refractivity contribution in [3.05, 3.63) is 17.5 Å². The Morgan fingerprint density at radius 1 is 1.47 bits per heavy atom. The Hall–Kier alpha value is -0.870. The molecular formula is C15H25N3O. The van der Waals surface area contributed by atoms with E-state index in [0.29, 0.717) is 5.92 Å². The second-order valence-corrected chi connectivity index (χ2v) is 6.70. The van der Waals surface area contributed by atoms with Crippen LogP contribution in [-0.4, -0.2) is 38.5 Å². The molecule has 2 fully saturated rings. The zero-order valence-electron chi connectivity index (χ0n) is 12.3. The molecule has 0 radical (unpaired) electrons. The van der Waals surface area contributed by atoms with E-state index < -0.39 is 5.60 Å². The average Bonchev–Trinajstić information content (AvgIpc) is 3.10. The van der Waals surface area contributed by atoms with Gasteiger partial charge in [-0.1, -0.05) is 6.92 Å². The highest BCUT2D eigenvalue weighted by atomic mass is 16.3. The SMILES string of the molecule is CC1CN(Cc2cnn(C)c2C2CC2)CCC1(C)O. The molecule has 2 aliphatic rings. The van der Waals surface area contributed by atoms with E-state index in [1.807, 2.05) is 13.1 Å². The molecule has 106 valence electrons. The van der Waals surface area contributed by atoms with Crippen molar-refractivity contribution in [2.45, 2.75) is 51.2 Å². The van der Waals surface area contributed by atoms with Crippen LogP contribution in [0.5, 0.6) is 0 Å². The number of nitrogens with zero attached hydrogens (tertiary/aromatic N) is 3. The lowest BCUT2D eigenvalue weighted by Gasteiger charge is -2.41. The molecule has 2 heterocycles. The highest BCUT2D eigenvalue weighted by molar-refractivity contribution is 5.25. The van der Waals surface area contributed by atoms with Crippen LogP contribution in [0.3, 0.4) is 0 Å². The normalized spacial score (nSPS) is 32.7. The maximum atomic E-state index is 10.2. The van der Waals surface area contributed by atoms with Crippen molar-refractivity contribution >= 4 is 0 Å². The smallest absolute Gasteiger partial charge is 0.0669 e. The van der Waals surface area contributed by atoms with Crippen molar-refractivity contribution in [3.8, 4) is 0 Å². The zero-order chi connectivity index (χ0) is 13.6. The van der Waals surface area contributed by atoms with Crippen LogP contribution in [0.2, 0.25) is 0 Å². The Balaban J connectivity index is 1.69. The quantitative estimate of drug-likeness (QED) is 0.905. The fourth-order valence-corrected chi connectivity index (χ4v) is 3.19. The zero-order valence-corrected chi connectivity index (χ0v) is 12.3. The first kappa shape index (κ1) is 13.1. The fraction of sp³-hybridized carbons (Fsp3) is 0.800. The standard InChI is InChI=1S/C15H25N3O/c1-11-9-18(7-6-15(11,2)19)10-13-8-16-17(3)14(13)12-4-5-12/h8,11-12,19H,4-7,9-10H2,1-3H3. The van der Waals surface area contributed by atoms with Crippen LogP contribution >= 0.6 is 0 Å².